The summed E-state index contributed by atoms with van der Waals surface area (Å²) in [6, 6.07) is 0. The van der Waals surface area contributed by atoms with Crippen LogP contribution in [0.2, 0.25) is 5.54 Å². The maximum Gasteiger partial charge on any atom is 0.323 e. The lowest BCUT2D eigenvalue weighted by Crippen LogP contribution is -2.25. The average molecular weight is 245 g/mol. The maximum absolute atomic E-state index is 5.36. The zero-order valence-electron chi connectivity index (χ0n) is 11.5. The largest absolute Gasteiger partial charge is 0.400 e. The Morgan fingerprint density at radius 2 is 1.88 bits per heavy atom. The smallest absolute Gasteiger partial charge is 0.323 e. The molecular weight excluding hydrogens is 218 g/mol. The molecule has 1 unspecified atom stereocenters. The van der Waals surface area contributed by atoms with Gasteiger partial charge < -0.3 is 8.85 Å². The first-order valence-electron chi connectivity index (χ1n) is 6.27. The standard InChI is InChI=1S/C12H27NO2Si/c1-6-8-12(7-2)13-10-9-11(3)16(14-4)15-5/h11,16H,6-10H2,1-5H3. The van der Waals surface area contributed by atoms with Gasteiger partial charge in [-0.1, -0.05) is 27.2 Å². The van der Waals surface area contributed by atoms with Crippen LogP contribution in [0, 0.1) is 0 Å². The van der Waals surface area contributed by atoms with Crippen LogP contribution in [-0.2, 0) is 8.85 Å². The van der Waals surface area contributed by atoms with Crippen LogP contribution in [0.1, 0.15) is 46.5 Å². The predicted octanol–water partition coefficient (Wildman–Crippen LogP) is 2.93. The van der Waals surface area contributed by atoms with E-state index in [9.17, 15) is 0 Å². The second-order valence-corrected chi connectivity index (χ2v) is 6.97. The molecule has 16 heavy (non-hydrogen) atoms. The van der Waals surface area contributed by atoms with Crippen molar-refractivity contribution in [2.45, 2.75) is 52.0 Å². The van der Waals surface area contributed by atoms with Gasteiger partial charge in [-0.05, 0) is 24.8 Å². The van der Waals surface area contributed by atoms with Crippen molar-refractivity contribution in [1.82, 2.24) is 0 Å². The molecule has 0 aliphatic rings. The van der Waals surface area contributed by atoms with Gasteiger partial charge in [-0.3, -0.25) is 4.99 Å². The summed E-state index contributed by atoms with van der Waals surface area (Å²) < 4.78 is 10.7. The highest BCUT2D eigenvalue weighted by atomic mass is 28.3. The molecule has 4 heteroatoms. The van der Waals surface area contributed by atoms with Crippen LogP contribution >= 0.6 is 0 Å². The SMILES string of the molecule is CCCC(CC)=NCCC(C)[SiH](OC)OC. The molecule has 0 spiro atoms. The minimum atomic E-state index is -1.44. The van der Waals surface area contributed by atoms with Crippen molar-refractivity contribution < 1.29 is 8.85 Å². The average Bonchev–Trinajstić information content (AvgIpc) is 2.29. The lowest BCUT2D eigenvalue weighted by molar-refractivity contribution is 0.265. The Morgan fingerprint density at radius 1 is 1.25 bits per heavy atom. The van der Waals surface area contributed by atoms with Crippen molar-refractivity contribution in [2.75, 3.05) is 20.8 Å². The first kappa shape index (κ1) is 15.8. The summed E-state index contributed by atoms with van der Waals surface area (Å²) in [7, 11) is 2.05. The van der Waals surface area contributed by atoms with Crippen molar-refractivity contribution >= 4 is 15.0 Å². The van der Waals surface area contributed by atoms with Crippen LogP contribution in [0.3, 0.4) is 0 Å². The Morgan fingerprint density at radius 3 is 2.31 bits per heavy atom. The Balaban J connectivity index is 3.94. The van der Waals surface area contributed by atoms with Crippen LogP contribution in [0.5, 0.6) is 0 Å². The molecule has 0 saturated heterocycles. The summed E-state index contributed by atoms with van der Waals surface area (Å²) in [4.78, 5) is 4.65. The summed E-state index contributed by atoms with van der Waals surface area (Å²) in [5.41, 5.74) is 1.88. The van der Waals surface area contributed by atoms with Gasteiger partial charge in [0.1, 0.15) is 0 Å². The van der Waals surface area contributed by atoms with E-state index < -0.39 is 9.28 Å². The summed E-state index contributed by atoms with van der Waals surface area (Å²) in [5.74, 6) is 0. The van der Waals surface area contributed by atoms with Gasteiger partial charge >= 0.3 is 9.28 Å². The molecule has 0 bridgehead atoms. The Labute approximate surface area is 102 Å². The zero-order chi connectivity index (χ0) is 12.4. The Kier molecular flexibility index (Phi) is 9.87. The number of aliphatic imine (C=N–C) groups is 1. The first-order valence-corrected chi connectivity index (χ1v) is 7.88. The second-order valence-electron chi connectivity index (χ2n) is 4.16. The summed E-state index contributed by atoms with van der Waals surface area (Å²) in [6.45, 7) is 7.50. The lowest BCUT2D eigenvalue weighted by atomic mass is 10.2. The fraction of sp³-hybridized carbons (Fsp3) is 0.917. The molecule has 0 amide bonds. The van der Waals surface area contributed by atoms with E-state index in [1.165, 1.54) is 12.1 Å². The third-order valence-electron chi connectivity index (χ3n) is 2.80. The summed E-state index contributed by atoms with van der Waals surface area (Å²) >= 11 is 0. The van der Waals surface area contributed by atoms with E-state index in [0.717, 1.165) is 25.8 Å². The number of hydrogen-bond acceptors (Lipinski definition) is 3. The van der Waals surface area contributed by atoms with Crippen LogP contribution in [0.4, 0.5) is 0 Å². The molecule has 0 rings (SSSR count). The predicted molar refractivity (Wildman–Crippen MR) is 72.7 cm³/mol. The number of nitrogens with zero attached hydrogens (tertiary/aromatic N) is 1. The molecular formula is C12H27NO2Si. The topological polar surface area (TPSA) is 30.8 Å². The zero-order valence-corrected chi connectivity index (χ0v) is 12.6. The van der Waals surface area contributed by atoms with Crippen molar-refractivity contribution in [2.24, 2.45) is 4.99 Å². The molecule has 0 N–H and O–H groups in total. The fourth-order valence-electron chi connectivity index (χ4n) is 1.78. The van der Waals surface area contributed by atoms with E-state index in [0.29, 0.717) is 5.54 Å². The molecule has 0 aromatic carbocycles. The van der Waals surface area contributed by atoms with Gasteiger partial charge in [-0.15, -0.1) is 0 Å². The molecule has 0 radical (unpaired) electrons. The quantitative estimate of drug-likeness (QED) is 0.462. The highest BCUT2D eigenvalue weighted by Crippen LogP contribution is 2.15. The van der Waals surface area contributed by atoms with Crippen LogP contribution in [-0.4, -0.2) is 35.8 Å². The van der Waals surface area contributed by atoms with E-state index in [1.54, 1.807) is 14.2 Å². The van der Waals surface area contributed by atoms with Crippen molar-refractivity contribution in [3.63, 3.8) is 0 Å². The molecule has 1 atom stereocenters. The van der Waals surface area contributed by atoms with Crippen LogP contribution in [0.25, 0.3) is 0 Å². The minimum Gasteiger partial charge on any atom is -0.400 e. The normalized spacial score (nSPS) is 14.5. The third kappa shape index (κ3) is 6.40. The van der Waals surface area contributed by atoms with E-state index in [-0.39, 0.29) is 0 Å². The summed E-state index contributed by atoms with van der Waals surface area (Å²) in [6.07, 6.45) is 4.49. The van der Waals surface area contributed by atoms with Gasteiger partial charge in [-0.2, -0.15) is 0 Å². The number of rotatable bonds is 9. The third-order valence-corrected chi connectivity index (χ3v) is 4.99. The first-order chi connectivity index (χ1) is 7.69. The van der Waals surface area contributed by atoms with Crippen molar-refractivity contribution in [1.29, 1.82) is 0 Å². The second kappa shape index (κ2) is 9.99. The van der Waals surface area contributed by atoms with Gasteiger partial charge in [0.25, 0.3) is 0 Å². The van der Waals surface area contributed by atoms with Crippen LogP contribution in [0.15, 0.2) is 4.99 Å². The highest BCUT2D eigenvalue weighted by molar-refractivity contribution is 6.46. The van der Waals surface area contributed by atoms with Gasteiger partial charge in [-0.25, -0.2) is 0 Å². The molecule has 0 fully saturated rings. The van der Waals surface area contributed by atoms with Gasteiger partial charge in [0.05, 0.1) is 0 Å². The molecule has 0 aromatic heterocycles. The fourth-order valence-corrected chi connectivity index (χ4v) is 3.32. The highest BCUT2D eigenvalue weighted by Gasteiger charge is 2.18. The molecule has 0 aromatic rings. The van der Waals surface area contributed by atoms with Gasteiger partial charge in [0, 0.05) is 26.5 Å². The van der Waals surface area contributed by atoms with Crippen molar-refractivity contribution in [3.05, 3.63) is 0 Å². The molecule has 0 aliphatic carbocycles. The van der Waals surface area contributed by atoms with Crippen LogP contribution < -0.4 is 0 Å². The summed E-state index contributed by atoms with van der Waals surface area (Å²) in [5, 5.41) is 0. The van der Waals surface area contributed by atoms with E-state index in [2.05, 4.69) is 25.8 Å². The lowest BCUT2D eigenvalue weighted by Gasteiger charge is -2.17. The van der Waals surface area contributed by atoms with E-state index in [1.807, 2.05) is 0 Å². The van der Waals surface area contributed by atoms with Gasteiger partial charge in [0.15, 0.2) is 0 Å². The van der Waals surface area contributed by atoms with E-state index in [4.69, 9.17) is 8.85 Å². The van der Waals surface area contributed by atoms with Crippen molar-refractivity contribution in [3.8, 4) is 0 Å². The van der Waals surface area contributed by atoms with E-state index >= 15 is 0 Å². The molecule has 0 saturated carbocycles. The molecule has 0 heterocycles. The molecule has 96 valence electrons. The number of hydrogen-bond donors (Lipinski definition) is 0. The minimum absolute atomic E-state index is 0.526. The molecule has 0 aliphatic heterocycles. The monoisotopic (exact) mass is 245 g/mol. The Hall–Kier alpha value is -0.193. The maximum atomic E-state index is 5.36. The Bertz CT molecular complexity index is 193. The van der Waals surface area contributed by atoms with Gasteiger partial charge in [0.2, 0.25) is 0 Å². The molecule has 3 nitrogen and oxygen atoms in total.